The van der Waals surface area contributed by atoms with Gasteiger partial charge in [0.2, 0.25) is 11.8 Å². The maximum absolute atomic E-state index is 13.4. The number of H-pyrrole nitrogens is 1. The van der Waals surface area contributed by atoms with Crippen LogP contribution in [-0.4, -0.2) is 63.7 Å². The number of ether oxygens (including phenoxy) is 2. The summed E-state index contributed by atoms with van der Waals surface area (Å²) in [5.74, 6) is -3.12. The van der Waals surface area contributed by atoms with Gasteiger partial charge in [0.25, 0.3) is 5.91 Å². The van der Waals surface area contributed by atoms with E-state index in [4.69, 9.17) is 9.47 Å². The highest BCUT2D eigenvalue weighted by atomic mass is 32.2. The minimum absolute atomic E-state index is 0.0304. The number of aryl methyl sites for hydroxylation is 1. The third-order valence-corrected chi connectivity index (χ3v) is 12.1. The average molecular weight is 650 g/mol. The van der Waals surface area contributed by atoms with Crippen molar-refractivity contribution in [2.45, 2.75) is 36.5 Å². The first kappa shape index (κ1) is 29.6. The maximum Gasteiger partial charge on any atom is 0.323 e. The van der Waals surface area contributed by atoms with Crippen LogP contribution in [0.3, 0.4) is 0 Å². The molecule has 2 saturated carbocycles. The summed E-state index contributed by atoms with van der Waals surface area (Å²) < 4.78 is 11.9. The highest BCUT2D eigenvalue weighted by Crippen LogP contribution is 2.68. The molecule has 2 aliphatic carbocycles. The number of aromatic nitrogens is 1. The van der Waals surface area contributed by atoms with Crippen LogP contribution in [0.2, 0.25) is 0 Å². The normalized spacial score (nSPS) is 27.6. The lowest BCUT2D eigenvalue weighted by Crippen LogP contribution is -2.42. The average Bonchev–Trinajstić information content (AvgIpc) is 3.74. The number of likely N-dealkylation sites (tertiary alicyclic amines) is 1. The molecule has 7 atom stereocenters. The summed E-state index contributed by atoms with van der Waals surface area (Å²) in [6.07, 6.45) is 0.696. The molecule has 6 unspecified atom stereocenters. The minimum Gasteiger partial charge on any atom is -0.490 e. The Kier molecular flexibility index (Phi) is 7.47. The lowest BCUT2D eigenvalue weighted by Gasteiger charge is -2.43. The van der Waals surface area contributed by atoms with Crippen molar-refractivity contribution in [3.8, 4) is 11.5 Å². The number of fused-ring (bicyclic) bond motifs is 9. The van der Waals surface area contributed by atoms with Gasteiger partial charge in [-0.05, 0) is 67.3 Å². The summed E-state index contributed by atoms with van der Waals surface area (Å²) in [6.45, 7) is 3.27. The van der Waals surface area contributed by atoms with Gasteiger partial charge in [-0.2, -0.15) is 0 Å². The molecule has 3 amide bonds. The number of imide groups is 1. The Balaban J connectivity index is 1.19. The van der Waals surface area contributed by atoms with Crippen molar-refractivity contribution in [2.24, 2.45) is 29.6 Å². The lowest BCUT2D eigenvalue weighted by molar-refractivity contribution is -0.149. The fourth-order valence-electron chi connectivity index (χ4n) is 7.89. The highest BCUT2D eigenvalue weighted by Gasteiger charge is 2.69. The number of aromatic amines is 1. The van der Waals surface area contributed by atoms with Crippen LogP contribution in [0.15, 0.2) is 52.3 Å². The quantitative estimate of drug-likeness (QED) is 0.294. The molecule has 2 bridgehead atoms. The Bertz CT molecular complexity index is 1790. The summed E-state index contributed by atoms with van der Waals surface area (Å²) in [7, 11) is 0. The van der Waals surface area contributed by atoms with Crippen LogP contribution in [0.25, 0.3) is 0 Å². The van der Waals surface area contributed by atoms with Crippen LogP contribution in [-0.2, 0) is 19.2 Å². The standard InChI is InChI=1S/C32H31N3O8S2/c1-3-42-20-10-15(8-9-19(20)43-13-21(36)33-18-7-5-4-6-14(18)2)23-24-16-11-17(27(24)44-29-28(23)45-32(41)34-29)26-25(16)30(39)35(31(26)40)12-22(37)38/h4-10,16-17,23-27H,3,11-13H2,1-2H3,(H,33,36)(H,34,41)(H,37,38)/t16?,17?,23-,24?,25?,26?,27?/m1/s1. The van der Waals surface area contributed by atoms with E-state index in [1.807, 2.05) is 50.2 Å². The van der Waals surface area contributed by atoms with Gasteiger partial charge in [0.15, 0.2) is 18.1 Å². The van der Waals surface area contributed by atoms with Crippen molar-refractivity contribution in [2.75, 3.05) is 25.1 Å². The van der Waals surface area contributed by atoms with Crippen LogP contribution < -0.4 is 19.7 Å². The summed E-state index contributed by atoms with van der Waals surface area (Å²) >= 11 is 2.71. The van der Waals surface area contributed by atoms with Gasteiger partial charge in [-0.25, -0.2) is 0 Å². The molecule has 1 aromatic heterocycles. The number of amides is 3. The molecule has 13 heteroatoms. The van der Waals surface area contributed by atoms with E-state index in [1.165, 1.54) is 0 Å². The Hall–Kier alpha value is -4.10. The summed E-state index contributed by atoms with van der Waals surface area (Å²) in [5.41, 5.74) is 2.52. The Morgan fingerprint density at radius 3 is 2.53 bits per heavy atom. The molecule has 45 heavy (non-hydrogen) atoms. The van der Waals surface area contributed by atoms with E-state index in [0.29, 0.717) is 30.2 Å². The van der Waals surface area contributed by atoms with Crippen LogP contribution in [0.5, 0.6) is 11.5 Å². The van der Waals surface area contributed by atoms with E-state index >= 15 is 0 Å². The Morgan fingerprint density at radius 2 is 1.80 bits per heavy atom. The number of benzene rings is 2. The topological polar surface area (TPSA) is 155 Å². The lowest BCUT2D eigenvalue weighted by atomic mass is 9.68. The fraction of sp³-hybridized carbons (Fsp3) is 0.406. The van der Waals surface area contributed by atoms with Crippen molar-refractivity contribution >= 4 is 52.5 Å². The van der Waals surface area contributed by atoms with Crippen LogP contribution >= 0.6 is 23.1 Å². The van der Waals surface area contributed by atoms with Crippen LogP contribution in [0.1, 0.15) is 35.3 Å². The predicted octanol–water partition coefficient (Wildman–Crippen LogP) is 3.72. The Morgan fingerprint density at radius 1 is 1.04 bits per heavy atom. The molecular weight excluding hydrogens is 618 g/mol. The number of nitrogens with one attached hydrogen (secondary N) is 2. The smallest absolute Gasteiger partial charge is 0.323 e. The first-order valence-corrected chi connectivity index (χ1v) is 16.6. The molecule has 4 aliphatic rings. The van der Waals surface area contributed by atoms with Gasteiger partial charge in [0.1, 0.15) is 6.54 Å². The largest absolute Gasteiger partial charge is 0.490 e. The second-order valence-electron chi connectivity index (χ2n) is 11.9. The van der Waals surface area contributed by atoms with Crippen molar-refractivity contribution in [3.05, 3.63) is 68.1 Å². The maximum atomic E-state index is 13.4. The molecule has 2 aromatic carbocycles. The number of rotatable bonds is 9. The number of aliphatic carboxylic acids is 1. The molecular formula is C32H31N3O8S2. The number of carboxylic acids is 1. The number of thiazole rings is 1. The van der Waals surface area contributed by atoms with Crippen LogP contribution in [0, 0.1) is 36.5 Å². The number of carboxylic acid groups (broad SMARTS) is 1. The van der Waals surface area contributed by atoms with E-state index in [-0.39, 0.29) is 46.3 Å². The van der Waals surface area contributed by atoms with Gasteiger partial charge >= 0.3 is 10.8 Å². The van der Waals surface area contributed by atoms with Gasteiger partial charge in [0.05, 0.1) is 23.5 Å². The van der Waals surface area contributed by atoms with E-state index in [1.54, 1.807) is 17.8 Å². The molecule has 0 spiro atoms. The van der Waals surface area contributed by atoms with Crippen molar-refractivity contribution in [1.29, 1.82) is 0 Å². The van der Waals surface area contributed by atoms with E-state index in [0.717, 1.165) is 37.3 Å². The zero-order valence-electron chi connectivity index (χ0n) is 24.5. The number of para-hydroxylation sites is 1. The summed E-state index contributed by atoms with van der Waals surface area (Å²) in [6, 6.07) is 13.0. The molecule has 3 aromatic rings. The van der Waals surface area contributed by atoms with Gasteiger partial charge in [-0.15, -0.1) is 11.8 Å². The monoisotopic (exact) mass is 649 g/mol. The molecule has 3 heterocycles. The second-order valence-corrected chi connectivity index (χ2v) is 14.1. The first-order valence-electron chi connectivity index (χ1n) is 14.9. The number of hydrogen-bond acceptors (Lipinski definition) is 9. The predicted molar refractivity (Wildman–Crippen MR) is 166 cm³/mol. The Labute approximate surface area is 266 Å². The number of nitrogens with zero attached hydrogens (tertiary/aromatic N) is 1. The van der Waals surface area contributed by atoms with Gasteiger partial charge in [-0.3, -0.25) is 28.9 Å². The van der Waals surface area contributed by atoms with Gasteiger partial charge < -0.3 is 24.9 Å². The number of carbonyl (C=O) groups excluding carboxylic acids is 3. The highest BCUT2D eigenvalue weighted by molar-refractivity contribution is 8.00. The number of carbonyl (C=O) groups is 4. The molecule has 3 fully saturated rings. The zero-order chi connectivity index (χ0) is 31.6. The van der Waals surface area contributed by atoms with Gasteiger partial charge in [0, 0.05) is 21.7 Å². The molecule has 234 valence electrons. The SMILES string of the molecule is CCOc1cc([C@H]2c3sc(=O)[nH]c3SC3C4CC(C5C(=O)N(CC(=O)O)C(=O)C45)C32)ccc1OCC(=O)Nc1ccccc1C. The van der Waals surface area contributed by atoms with Crippen LogP contribution in [0.4, 0.5) is 5.69 Å². The van der Waals surface area contributed by atoms with Gasteiger partial charge in [-0.1, -0.05) is 35.6 Å². The van der Waals surface area contributed by atoms with E-state index in [9.17, 15) is 29.1 Å². The fourth-order valence-corrected chi connectivity index (χ4v) is 10.8. The summed E-state index contributed by atoms with van der Waals surface area (Å²) in [4.78, 5) is 68.1. The van der Waals surface area contributed by atoms with Crippen molar-refractivity contribution in [3.63, 3.8) is 0 Å². The van der Waals surface area contributed by atoms with E-state index in [2.05, 4.69) is 10.3 Å². The zero-order valence-corrected chi connectivity index (χ0v) is 26.1. The third kappa shape index (κ3) is 4.92. The molecule has 2 aliphatic heterocycles. The molecule has 3 N–H and O–H groups in total. The minimum atomic E-state index is -1.22. The molecule has 0 radical (unpaired) electrons. The summed E-state index contributed by atoms with van der Waals surface area (Å²) in [5, 5.41) is 12.9. The number of anilines is 1. The first-order chi connectivity index (χ1) is 21.7. The van der Waals surface area contributed by atoms with Crippen molar-refractivity contribution < 1.29 is 33.8 Å². The second kappa shape index (κ2) is 11.4. The van der Waals surface area contributed by atoms with Crippen molar-refractivity contribution in [1.82, 2.24) is 9.88 Å². The molecule has 7 rings (SSSR count). The molecule has 1 saturated heterocycles. The van der Waals surface area contributed by atoms with E-state index < -0.39 is 36.2 Å². The molecule has 11 nitrogen and oxygen atoms in total. The number of thioether (sulfide) groups is 1. The third-order valence-electron chi connectivity index (χ3n) is 9.51. The number of hydrogen-bond donors (Lipinski definition) is 3.